The lowest BCUT2D eigenvalue weighted by Gasteiger charge is -2.09. The number of amidine groups is 1. The molecule has 1 heterocycles. The van der Waals surface area contributed by atoms with Crippen LogP contribution in [0.2, 0.25) is 0 Å². The first-order chi connectivity index (χ1) is 17.1. The van der Waals surface area contributed by atoms with E-state index in [1.165, 1.54) is 5.56 Å². The van der Waals surface area contributed by atoms with Crippen LogP contribution in [0.15, 0.2) is 95.3 Å². The van der Waals surface area contributed by atoms with Gasteiger partial charge in [0.1, 0.15) is 11.6 Å². The summed E-state index contributed by atoms with van der Waals surface area (Å²) in [7, 11) is 1.65. The van der Waals surface area contributed by atoms with Gasteiger partial charge >= 0.3 is 0 Å². The van der Waals surface area contributed by atoms with Crippen molar-refractivity contribution >= 4 is 58.2 Å². The summed E-state index contributed by atoms with van der Waals surface area (Å²) in [5.74, 6) is 1.34. The maximum absolute atomic E-state index is 12.4. The number of thiophene rings is 1. The number of hydrogen-bond donors (Lipinski definition) is 3. The molecule has 8 heteroatoms. The molecule has 0 saturated heterocycles. The van der Waals surface area contributed by atoms with Crippen LogP contribution in [0.25, 0.3) is 0 Å². The predicted octanol–water partition coefficient (Wildman–Crippen LogP) is 6.92. The Morgan fingerprint density at radius 2 is 1.56 bits per heavy atom. The summed E-state index contributed by atoms with van der Waals surface area (Å²) >= 11 is 1.57. The molecule has 4 aromatic rings. The number of halogens is 1. The van der Waals surface area contributed by atoms with Gasteiger partial charge in [0.25, 0.3) is 0 Å². The highest BCUT2D eigenvalue weighted by Gasteiger charge is 2.05. The molecule has 4 rings (SSSR count). The number of amides is 1. The Kier molecular flexibility index (Phi) is 9.92. The smallest absolute Gasteiger partial charge is 0.224 e. The molecule has 0 saturated carbocycles. The number of nitrogens with one attached hydrogen (secondary N) is 2. The Morgan fingerprint density at radius 3 is 2.17 bits per heavy atom. The number of anilines is 3. The van der Waals surface area contributed by atoms with Crippen molar-refractivity contribution in [2.75, 3.05) is 17.7 Å². The van der Waals surface area contributed by atoms with E-state index in [-0.39, 0.29) is 18.3 Å². The molecular weight excluding hydrogens is 492 g/mol. The summed E-state index contributed by atoms with van der Waals surface area (Å²) < 4.78 is 5.18. The van der Waals surface area contributed by atoms with Crippen LogP contribution in [0.5, 0.6) is 5.75 Å². The molecule has 6 nitrogen and oxygen atoms in total. The molecule has 0 spiro atoms. The third kappa shape index (κ3) is 7.86. The number of ether oxygens (including phenoxy) is 1. The number of benzene rings is 3. The molecule has 0 aliphatic rings. The second-order valence-corrected chi connectivity index (χ2v) is 8.92. The van der Waals surface area contributed by atoms with Crippen LogP contribution in [-0.2, 0) is 11.2 Å². The van der Waals surface area contributed by atoms with E-state index in [4.69, 9.17) is 10.5 Å². The zero-order chi connectivity index (χ0) is 24.5. The van der Waals surface area contributed by atoms with Crippen molar-refractivity contribution in [1.29, 1.82) is 0 Å². The van der Waals surface area contributed by atoms with Gasteiger partial charge in [-0.05, 0) is 90.5 Å². The molecule has 0 aliphatic heterocycles. The first-order valence-electron chi connectivity index (χ1n) is 11.4. The van der Waals surface area contributed by atoms with E-state index in [0.29, 0.717) is 12.3 Å². The molecule has 1 amide bonds. The number of carbonyl (C=O) groups is 1. The molecule has 0 fully saturated rings. The van der Waals surface area contributed by atoms with Crippen LogP contribution in [-0.4, -0.2) is 18.9 Å². The quantitative estimate of drug-likeness (QED) is 0.156. The molecule has 0 unspecified atom stereocenters. The molecule has 1 aromatic heterocycles. The molecule has 4 N–H and O–H groups in total. The first-order valence-corrected chi connectivity index (χ1v) is 12.2. The van der Waals surface area contributed by atoms with E-state index < -0.39 is 0 Å². The summed E-state index contributed by atoms with van der Waals surface area (Å²) in [6.07, 6.45) is 2.04. The van der Waals surface area contributed by atoms with Crippen LogP contribution >= 0.6 is 23.7 Å². The number of nitrogens with two attached hydrogens (primary N) is 1. The van der Waals surface area contributed by atoms with Gasteiger partial charge in [0.15, 0.2) is 0 Å². The van der Waals surface area contributed by atoms with Crippen molar-refractivity contribution in [3.63, 3.8) is 0 Å². The minimum Gasteiger partial charge on any atom is -0.497 e. The van der Waals surface area contributed by atoms with Gasteiger partial charge in [-0.2, -0.15) is 0 Å². The maximum atomic E-state index is 12.4. The Hall–Kier alpha value is -3.81. The number of aryl methyl sites for hydroxylation is 1. The number of hydrogen-bond acceptors (Lipinski definition) is 5. The van der Waals surface area contributed by atoms with Crippen molar-refractivity contribution in [3.05, 3.63) is 101 Å². The average molecular weight is 521 g/mol. The summed E-state index contributed by atoms with van der Waals surface area (Å²) in [6.45, 7) is 0. The maximum Gasteiger partial charge on any atom is 0.224 e. The van der Waals surface area contributed by atoms with Gasteiger partial charge < -0.3 is 21.1 Å². The standard InChI is InChI=1S/C28H28N4O2S.ClH/c1-34-25-17-15-22(16-18-25)30-21-11-13-23(14-12-21)31-27(33)6-2-4-20-7-9-24(10-8-20)32-28(29)26-5-3-19-35-26;/h3,5,7-19,30H,2,4,6H2,1H3,(H2,29,32)(H,31,33);1H. The van der Waals surface area contributed by atoms with Crippen LogP contribution in [0.1, 0.15) is 23.3 Å². The average Bonchev–Trinajstić information content (AvgIpc) is 3.42. The topological polar surface area (TPSA) is 88.7 Å². The van der Waals surface area contributed by atoms with Gasteiger partial charge in [-0.25, -0.2) is 4.99 Å². The van der Waals surface area contributed by atoms with Crippen LogP contribution in [0.4, 0.5) is 22.7 Å². The van der Waals surface area contributed by atoms with Gasteiger partial charge in [0.05, 0.1) is 17.7 Å². The minimum atomic E-state index is 0. The molecule has 0 aliphatic carbocycles. The van der Waals surface area contributed by atoms with Crippen LogP contribution in [0.3, 0.4) is 0 Å². The SMILES string of the molecule is COc1ccc(Nc2ccc(NC(=O)CCCc3ccc(N=C(N)c4cccs4)cc3)cc2)cc1.Cl. The van der Waals surface area contributed by atoms with Crippen molar-refractivity contribution < 1.29 is 9.53 Å². The summed E-state index contributed by atoms with van der Waals surface area (Å²) in [6, 6.07) is 27.3. The lowest BCUT2D eigenvalue weighted by molar-refractivity contribution is -0.116. The Balaban J connectivity index is 0.00000361. The van der Waals surface area contributed by atoms with Crippen molar-refractivity contribution in [2.24, 2.45) is 10.7 Å². The lowest BCUT2D eigenvalue weighted by atomic mass is 10.1. The highest BCUT2D eigenvalue weighted by molar-refractivity contribution is 7.12. The molecule has 36 heavy (non-hydrogen) atoms. The minimum absolute atomic E-state index is 0. The zero-order valence-corrected chi connectivity index (χ0v) is 21.6. The van der Waals surface area contributed by atoms with Gasteiger partial charge in [0.2, 0.25) is 5.91 Å². The number of methoxy groups -OCH3 is 1. The van der Waals surface area contributed by atoms with Crippen LogP contribution in [0, 0.1) is 0 Å². The summed E-state index contributed by atoms with van der Waals surface area (Å²) in [5, 5.41) is 8.27. The largest absolute Gasteiger partial charge is 0.497 e. The zero-order valence-electron chi connectivity index (χ0n) is 19.9. The number of rotatable bonds is 10. The molecule has 0 atom stereocenters. The monoisotopic (exact) mass is 520 g/mol. The second kappa shape index (κ2) is 13.3. The number of aliphatic imine (C=N–C) groups is 1. The third-order valence-electron chi connectivity index (χ3n) is 5.38. The molecule has 0 radical (unpaired) electrons. The summed E-state index contributed by atoms with van der Waals surface area (Å²) in [4.78, 5) is 17.8. The van der Waals surface area contributed by atoms with Crippen molar-refractivity contribution in [1.82, 2.24) is 0 Å². The van der Waals surface area contributed by atoms with E-state index in [9.17, 15) is 4.79 Å². The molecule has 0 bridgehead atoms. The van der Waals surface area contributed by atoms with Crippen LogP contribution < -0.4 is 21.1 Å². The van der Waals surface area contributed by atoms with Crippen molar-refractivity contribution in [3.8, 4) is 5.75 Å². The highest BCUT2D eigenvalue weighted by Crippen LogP contribution is 2.22. The van der Waals surface area contributed by atoms with E-state index in [1.54, 1.807) is 18.4 Å². The fourth-order valence-electron chi connectivity index (χ4n) is 3.51. The Labute approximate surface area is 221 Å². The van der Waals surface area contributed by atoms with Gasteiger partial charge in [-0.3, -0.25) is 4.79 Å². The number of nitrogens with zero attached hydrogens (tertiary/aromatic N) is 1. The van der Waals surface area contributed by atoms with Gasteiger partial charge in [-0.15, -0.1) is 23.7 Å². The molecule has 3 aromatic carbocycles. The Morgan fingerprint density at radius 1 is 0.917 bits per heavy atom. The highest BCUT2D eigenvalue weighted by atomic mass is 35.5. The normalized spacial score (nSPS) is 10.9. The van der Waals surface area contributed by atoms with Crippen molar-refractivity contribution in [2.45, 2.75) is 19.3 Å². The van der Waals surface area contributed by atoms with E-state index in [2.05, 4.69) is 15.6 Å². The van der Waals surface area contributed by atoms with Gasteiger partial charge in [-0.1, -0.05) is 18.2 Å². The first kappa shape index (κ1) is 26.8. The van der Waals surface area contributed by atoms with E-state index in [1.807, 2.05) is 90.3 Å². The van der Waals surface area contributed by atoms with Gasteiger partial charge in [0, 0.05) is 23.5 Å². The van der Waals surface area contributed by atoms with E-state index >= 15 is 0 Å². The lowest BCUT2D eigenvalue weighted by Crippen LogP contribution is -2.11. The summed E-state index contributed by atoms with van der Waals surface area (Å²) in [5.41, 5.74) is 10.7. The second-order valence-electron chi connectivity index (χ2n) is 7.97. The molecular formula is C28H29ClN4O2S. The number of carbonyl (C=O) groups excluding carboxylic acids is 1. The third-order valence-corrected chi connectivity index (χ3v) is 6.27. The Bertz CT molecular complexity index is 1260. The molecule has 186 valence electrons. The fourth-order valence-corrected chi connectivity index (χ4v) is 4.14. The predicted molar refractivity (Wildman–Crippen MR) is 153 cm³/mol. The van der Waals surface area contributed by atoms with E-state index in [0.717, 1.165) is 46.2 Å². The fraction of sp³-hybridized carbons (Fsp3) is 0.143.